The zero-order chi connectivity index (χ0) is 18.0. The van der Waals surface area contributed by atoms with Crippen molar-refractivity contribution in [2.75, 3.05) is 0 Å². The Balaban J connectivity index is 1.96. The van der Waals surface area contributed by atoms with Gasteiger partial charge < -0.3 is 10.1 Å². The summed E-state index contributed by atoms with van der Waals surface area (Å²) < 4.78 is 20.8. The highest BCUT2D eigenvalue weighted by molar-refractivity contribution is 5.78. The molecule has 0 saturated heterocycles. The highest BCUT2D eigenvalue weighted by Crippen LogP contribution is 2.22. The van der Waals surface area contributed by atoms with Gasteiger partial charge in [0, 0.05) is 11.8 Å². The van der Waals surface area contributed by atoms with Crippen molar-refractivity contribution in [2.24, 2.45) is 0 Å². The monoisotopic (exact) mass is 341 g/mol. The molecule has 0 atom stereocenters. The molecule has 25 heavy (non-hydrogen) atoms. The molecule has 0 aliphatic carbocycles. The van der Waals surface area contributed by atoms with Gasteiger partial charge in [-0.05, 0) is 45.0 Å². The van der Waals surface area contributed by atoms with Crippen LogP contribution in [0.5, 0.6) is 0 Å². The molecule has 1 heterocycles. The Morgan fingerprint density at radius 2 is 1.92 bits per heavy atom. The van der Waals surface area contributed by atoms with Crippen LogP contribution < -0.4 is 5.32 Å². The van der Waals surface area contributed by atoms with Gasteiger partial charge in [0.1, 0.15) is 17.2 Å². The lowest BCUT2D eigenvalue weighted by Gasteiger charge is -2.19. The molecule has 3 aromatic rings. The average molecular weight is 341 g/mol. The van der Waals surface area contributed by atoms with E-state index in [9.17, 15) is 9.18 Å². The third-order valence-corrected chi connectivity index (χ3v) is 3.49. The summed E-state index contributed by atoms with van der Waals surface area (Å²) >= 11 is 0. The van der Waals surface area contributed by atoms with E-state index < -0.39 is 11.7 Å². The molecular weight excluding hydrogens is 321 g/mol. The first-order chi connectivity index (χ1) is 11.8. The van der Waals surface area contributed by atoms with E-state index >= 15 is 0 Å². The Bertz CT molecular complexity index is 898. The van der Waals surface area contributed by atoms with Gasteiger partial charge in [-0.2, -0.15) is 0 Å². The molecule has 0 radical (unpaired) electrons. The Hall–Kier alpha value is -2.89. The van der Waals surface area contributed by atoms with Crippen molar-refractivity contribution < 1.29 is 13.9 Å². The second kappa shape index (κ2) is 6.55. The molecule has 2 aromatic carbocycles. The number of carbonyl (C=O) groups is 1. The van der Waals surface area contributed by atoms with Gasteiger partial charge in [0.05, 0.1) is 17.6 Å². The van der Waals surface area contributed by atoms with Crippen LogP contribution in [0.3, 0.4) is 0 Å². The average Bonchev–Trinajstić information content (AvgIpc) is 2.89. The van der Waals surface area contributed by atoms with Crippen molar-refractivity contribution in [3.05, 3.63) is 60.2 Å². The van der Waals surface area contributed by atoms with Crippen LogP contribution in [-0.2, 0) is 11.3 Å². The maximum Gasteiger partial charge on any atom is 0.408 e. The minimum Gasteiger partial charge on any atom is -0.444 e. The maximum atomic E-state index is 13.7. The Kier molecular flexibility index (Phi) is 4.44. The van der Waals surface area contributed by atoms with Crippen LogP contribution in [0, 0.1) is 5.82 Å². The summed E-state index contributed by atoms with van der Waals surface area (Å²) in [5, 5.41) is 2.70. The third-order valence-electron chi connectivity index (χ3n) is 3.49. The van der Waals surface area contributed by atoms with E-state index in [1.165, 1.54) is 12.1 Å². The highest BCUT2D eigenvalue weighted by atomic mass is 19.1. The lowest BCUT2D eigenvalue weighted by atomic mass is 10.2. The maximum absolute atomic E-state index is 13.7. The molecule has 0 bridgehead atoms. The van der Waals surface area contributed by atoms with Gasteiger partial charge >= 0.3 is 6.09 Å². The summed E-state index contributed by atoms with van der Waals surface area (Å²) in [6, 6.07) is 13.9. The van der Waals surface area contributed by atoms with Crippen molar-refractivity contribution in [1.82, 2.24) is 14.9 Å². The highest BCUT2D eigenvalue weighted by Gasteiger charge is 2.18. The number of rotatable bonds is 3. The second-order valence-electron chi connectivity index (χ2n) is 6.69. The summed E-state index contributed by atoms with van der Waals surface area (Å²) in [6.07, 6.45) is -0.523. The van der Waals surface area contributed by atoms with Crippen molar-refractivity contribution in [3.8, 4) is 5.69 Å². The minimum atomic E-state index is -0.577. The normalized spacial score (nSPS) is 11.5. The number of nitrogens with one attached hydrogen (secondary N) is 1. The van der Waals surface area contributed by atoms with Crippen LogP contribution in [0.2, 0.25) is 0 Å². The van der Waals surface area contributed by atoms with Gasteiger partial charge in [-0.15, -0.1) is 0 Å². The number of para-hydroxylation sites is 1. The van der Waals surface area contributed by atoms with Crippen LogP contribution in [0.1, 0.15) is 26.6 Å². The predicted octanol–water partition coefficient (Wildman–Crippen LogP) is 4.19. The van der Waals surface area contributed by atoms with E-state index in [2.05, 4.69) is 10.3 Å². The molecule has 3 rings (SSSR count). The van der Waals surface area contributed by atoms with Crippen molar-refractivity contribution in [2.45, 2.75) is 32.9 Å². The fourth-order valence-corrected chi connectivity index (χ4v) is 2.55. The number of nitrogens with zero attached hydrogens (tertiary/aromatic N) is 2. The number of hydrogen-bond acceptors (Lipinski definition) is 3. The van der Waals surface area contributed by atoms with Gasteiger partial charge in [0.2, 0.25) is 0 Å². The summed E-state index contributed by atoms with van der Waals surface area (Å²) in [4.78, 5) is 16.4. The van der Waals surface area contributed by atoms with Gasteiger partial charge in [-0.3, -0.25) is 4.57 Å². The van der Waals surface area contributed by atoms with Crippen molar-refractivity contribution in [1.29, 1.82) is 0 Å². The molecule has 0 saturated carbocycles. The van der Waals surface area contributed by atoms with Gasteiger partial charge in [0.25, 0.3) is 0 Å². The molecule has 0 spiro atoms. The molecular formula is C19H20FN3O2. The molecule has 0 aliphatic rings. The number of alkyl carbamates (subject to hydrolysis) is 1. The number of carbonyl (C=O) groups excluding carboxylic acids is 1. The third kappa shape index (κ3) is 3.96. The van der Waals surface area contributed by atoms with Gasteiger partial charge in [-0.25, -0.2) is 14.2 Å². The van der Waals surface area contributed by atoms with E-state index in [0.29, 0.717) is 16.9 Å². The lowest BCUT2D eigenvalue weighted by Crippen LogP contribution is -2.32. The fourth-order valence-electron chi connectivity index (χ4n) is 2.55. The van der Waals surface area contributed by atoms with Crippen LogP contribution in [0.4, 0.5) is 9.18 Å². The molecule has 1 amide bonds. The summed E-state index contributed by atoms with van der Waals surface area (Å²) in [5.41, 5.74) is 1.57. The van der Waals surface area contributed by atoms with Crippen LogP contribution in [0.25, 0.3) is 16.7 Å². The number of ether oxygens (including phenoxy) is 1. The zero-order valence-corrected chi connectivity index (χ0v) is 14.4. The molecule has 6 heteroatoms. The zero-order valence-electron chi connectivity index (χ0n) is 14.4. The molecule has 5 nitrogen and oxygen atoms in total. The number of amides is 1. The van der Waals surface area contributed by atoms with E-state index in [0.717, 1.165) is 5.69 Å². The minimum absolute atomic E-state index is 0.167. The van der Waals surface area contributed by atoms with E-state index in [1.54, 1.807) is 26.8 Å². The molecule has 1 N–H and O–H groups in total. The lowest BCUT2D eigenvalue weighted by molar-refractivity contribution is 0.0522. The smallest absolute Gasteiger partial charge is 0.408 e. The van der Waals surface area contributed by atoms with Gasteiger partial charge in [-0.1, -0.05) is 18.2 Å². The van der Waals surface area contributed by atoms with E-state index in [-0.39, 0.29) is 12.4 Å². The summed E-state index contributed by atoms with van der Waals surface area (Å²) in [5.74, 6) is 0.258. The summed E-state index contributed by atoms with van der Waals surface area (Å²) in [6.45, 7) is 5.57. The standard InChI is InChI=1S/C19H20FN3O2/c1-19(2,3)25-18(24)21-12-17-22-15-10-9-13(20)11-16(15)23(17)14-7-5-4-6-8-14/h4-11H,12H2,1-3H3,(H,21,24). The Morgan fingerprint density at radius 3 is 2.60 bits per heavy atom. The first-order valence-electron chi connectivity index (χ1n) is 8.03. The first-order valence-corrected chi connectivity index (χ1v) is 8.03. The van der Waals surface area contributed by atoms with Crippen molar-refractivity contribution in [3.63, 3.8) is 0 Å². The second-order valence-corrected chi connectivity index (χ2v) is 6.69. The number of imidazole rings is 1. The largest absolute Gasteiger partial charge is 0.444 e. The van der Waals surface area contributed by atoms with E-state index in [1.807, 2.05) is 34.9 Å². The predicted molar refractivity (Wildman–Crippen MR) is 94.1 cm³/mol. The van der Waals surface area contributed by atoms with Crippen LogP contribution in [-0.4, -0.2) is 21.2 Å². The fraction of sp³-hybridized carbons (Fsp3) is 0.263. The number of halogens is 1. The Morgan fingerprint density at radius 1 is 1.20 bits per heavy atom. The topological polar surface area (TPSA) is 56.1 Å². The number of aromatic nitrogens is 2. The number of benzene rings is 2. The number of fused-ring (bicyclic) bond motifs is 1. The molecule has 0 unspecified atom stereocenters. The van der Waals surface area contributed by atoms with Gasteiger partial charge in [0.15, 0.2) is 0 Å². The molecule has 1 aromatic heterocycles. The summed E-state index contributed by atoms with van der Waals surface area (Å²) in [7, 11) is 0. The Labute approximate surface area is 145 Å². The van der Waals surface area contributed by atoms with Crippen LogP contribution >= 0.6 is 0 Å². The number of hydrogen-bond donors (Lipinski definition) is 1. The first kappa shape index (κ1) is 17.0. The molecule has 0 fully saturated rings. The van der Waals surface area contributed by atoms with Crippen molar-refractivity contribution >= 4 is 17.1 Å². The van der Waals surface area contributed by atoms with Crippen LogP contribution in [0.15, 0.2) is 48.5 Å². The SMILES string of the molecule is CC(C)(C)OC(=O)NCc1nc2ccc(F)cc2n1-c1ccccc1. The molecule has 130 valence electrons. The molecule has 0 aliphatic heterocycles. The van der Waals surface area contributed by atoms with E-state index in [4.69, 9.17) is 4.74 Å². The quantitative estimate of drug-likeness (QED) is 0.777.